The molecule has 0 aliphatic carbocycles. The molecule has 12 heavy (non-hydrogen) atoms. The average molecular weight is 276 g/mol. The normalized spacial score (nSPS) is 10.4. The monoisotopic (exact) mass is 276 g/mol. The molecule has 1 aromatic carbocycles. The summed E-state index contributed by atoms with van der Waals surface area (Å²) in [6.45, 7) is 4.35. The lowest BCUT2D eigenvalue weighted by molar-refractivity contribution is 0.407. The van der Waals surface area contributed by atoms with Gasteiger partial charge < -0.3 is 4.74 Å². The highest BCUT2D eigenvalue weighted by atomic mass is 127. The second-order valence-corrected chi connectivity index (χ2v) is 4.29. The molecule has 0 fully saturated rings. The van der Waals surface area contributed by atoms with Crippen LogP contribution in [0.2, 0.25) is 0 Å². The van der Waals surface area contributed by atoms with E-state index in [1.165, 1.54) is 9.13 Å². The molecule has 0 N–H and O–H groups in total. The smallest absolute Gasteiger partial charge is 0.122 e. The van der Waals surface area contributed by atoms with Crippen LogP contribution in [0.5, 0.6) is 5.75 Å². The van der Waals surface area contributed by atoms with Crippen molar-refractivity contribution in [2.45, 2.75) is 19.8 Å². The van der Waals surface area contributed by atoms with Gasteiger partial charge in [-0.2, -0.15) is 0 Å². The molecule has 0 saturated carbocycles. The fraction of sp³-hybridized carbons (Fsp3) is 0.400. The number of hydrogen-bond donors (Lipinski definition) is 0. The minimum absolute atomic E-state index is 0.523. The molecule has 0 aromatic heterocycles. The molecule has 1 rings (SSSR count). The van der Waals surface area contributed by atoms with Crippen molar-refractivity contribution in [1.82, 2.24) is 0 Å². The van der Waals surface area contributed by atoms with Gasteiger partial charge >= 0.3 is 0 Å². The fourth-order valence-corrected chi connectivity index (χ4v) is 1.67. The summed E-state index contributed by atoms with van der Waals surface area (Å²) in [6, 6.07) is 6.26. The van der Waals surface area contributed by atoms with Crippen LogP contribution in [-0.4, -0.2) is 7.11 Å². The quantitative estimate of drug-likeness (QED) is 0.752. The van der Waals surface area contributed by atoms with Gasteiger partial charge in [-0.25, -0.2) is 0 Å². The second kappa shape index (κ2) is 4.12. The highest BCUT2D eigenvalue weighted by Crippen LogP contribution is 2.27. The molecule has 0 unspecified atom stereocenters. The molecule has 0 spiro atoms. The van der Waals surface area contributed by atoms with Crippen molar-refractivity contribution in [2.75, 3.05) is 7.11 Å². The minimum Gasteiger partial charge on any atom is -0.496 e. The van der Waals surface area contributed by atoms with Gasteiger partial charge in [-0.05, 0) is 52.3 Å². The van der Waals surface area contributed by atoms with E-state index in [1.54, 1.807) is 7.11 Å². The Labute approximate surface area is 87.3 Å². The van der Waals surface area contributed by atoms with E-state index < -0.39 is 0 Å². The van der Waals surface area contributed by atoms with Gasteiger partial charge in [0, 0.05) is 3.57 Å². The van der Waals surface area contributed by atoms with E-state index in [9.17, 15) is 0 Å². The van der Waals surface area contributed by atoms with Crippen LogP contribution in [0.4, 0.5) is 0 Å². The standard InChI is InChI=1S/C10H13IO/c1-7(2)9-6-8(11)4-5-10(9)12-3/h4-7H,1-3H3. The second-order valence-electron chi connectivity index (χ2n) is 3.04. The predicted molar refractivity (Wildman–Crippen MR) is 59.8 cm³/mol. The Morgan fingerprint density at radius 3 is 2.50 bits per heavy atom. The van der Waals surface area contributed by atoms with Crippen LogP contribution in [0.3, 0.4) is 0 Å². The number of hydrogen-bond acceptors (Lipinski definition) is 1. The summed E-state index contributed by atoms with van der Waals surface area (Å²) in [5, 5.41) is 0. The molecule has 0 radical (unpaired) electrons. The van der Waals surface area contributed by atoms with E-state index in [2.05, 4.69) is 48.6 Å². The van der Waals surface area contributed by atoms with Crippen LogP contribution in [0.1, 0.15) is 25.3 Å². The van der Waals surface area contributed by atoms with Gasteiger partial charge in [0.1, 0.15) is 5.75 Å². The third-order valence-electron chi connectivity index (χ3n) is 1.81. The molecule has 1 aromatic rings. The molecule has 0 amide bonds. The van der Waals surface area contributed by atoms with Crippen molar-refractivity contribution >= 4 is 22.6 Å². The number of ether oxygens (including phenoxy) is 1. The molecule has 0 saturated heterocycles. The maximum Gasteiger partial charge on any atom is 0.122 e. The van der Waals surface area contributed by atoms with E-state index >= 15 is 0 Å². The summed E-state index contributed by atoms with van der Waals surface area (Å²) >= 11 is 2.32. The maximum absolute atomic E-state index is 5.26. The van der Waals surface area contributed by atoms with Crippen LogP contribution in [0, 0.1) is 3.57 Å². The molecule has 0 aliphatic rings. The van der Waals surface area contributed by atoms with Crippen LogP contribution in [0.15, 0.2) is 18.2 Å². The fourth-order valence-electron chi connectivity index (χ4n) is 1.16. The highest BCUT2D eigenvalue weighted by molar-refractivity contribution is 14.1. The topological polar surface area (TPSA) is 9.23 Å². The first-order valence-corrected chi connectivity index (χ1v) is 5.06. The van der Waals surface area contributed by atoms with Gasteiger partial charge in [0.2, 0.25) is 0 Å². The SMILES string of the molecule is COc1ccc(I)cc1C(C)C. The molecule has 0 aliphatic heterocycles. The van der Waals surface area contributed by atoms with Crippen molar-refractivity contribution in [1.29, 1.82) is 0 Å². The first kappa shape index (κ1) is 9.84. The Kier molecular flexibility index (Phi) is 3.38. The molecule has 0 heterocycles. The van der Waals surface area contributed by atoms with E-state index in [1.807, 2.05) is 6.07 Å². The summed E-state index contributed by atoms with van der Waals surface area (Å²) in [4.78, 5) is 0. The molecule has 0 atom stereocenters. The Hall–Kier alpha value is -0.250. The lowest BCUT2D eigenvalue weighted by Crippen LogP contribution is -1.94. The predicted octanol–water partition coefficient (Wildman–Crippen LogP) is 3.42. The summed E-state index contributed by atoms with van der Waals surface area (Å²) < 4.78 is 6.52. The van der Waals surface area contributed by atoms with Gasteiger partial charge in [0.05, 0.1) is 7.11 Å². The van der Waals surface area contributed by atoms with Gasteiger partial charge in [0.25, 0.3) is 0 Å². The molecular formula is C10H13IO. The first-order valence-electron chi connectivity index (χ1n) is 3.98. The lowest BCUT2D eigenvalue weighted by Gasteiger charge is -2.11. The zero-order chi connectivity index (χ0) is 9.14. The van der Waals surface area contributed by atoms with Crippen LogP contribution >= 0.6 is 22.6 Å². The first-order chi connectivity index (χ1) is 5.65. The van der Waals surface area contributed by atoms with Crippen LogP contribution in [-0.2, 0) is 0 Å². The molecular weight excluding hydrogens is 263 g/mol. The minimum atomic E-state index is 0.523. The van der Waals surface area contributed by atoms with Gasteiger partial charge in [0.15, 0.2) is 0 Å². The lowest BCUT2D eigenvalue weighted by atomic mass is 10.0. The van der Waals surface area contributed by atoms with Crippen molar-refractivity contribution in [2.24, 2.45) is 0 Å². The summed E-state index contributed by atoms with van der Waals surface area (Å²) in [5.41, 5.74) is 1.28. The van der Waals surface area contributed by atoms with Crippen molar-refractivity contribution in [3.05, 3.63) is 27.3 Å². The van der Waals surface area contributed by atoms with E-state index in [0.717, 1.165) is 5.75 Å². The number of rotatable bonds is 2. The zero-order valence-corrected chi connectivity index (χ0v) is 9.75. The Bertz CT molecular complexity index is 269. The van der Waals surface area contributed by atoms with Gasteiger partial charge in [-0.15, -0.1) is 0 Å². The third-order valence-corrected chi connectivity index (χ3v) is 2.48. The largest absolute Gasteiger partial charge is 0.496 e. The molecule has 2 heteroatoms. The van der Waals surface area contributed by atoms with E-state index in [4.69, 9.17) is 4.74 Å². The van der Waals surface area contributed by atoms with E-state index in [-0.39, 0.29) is 0 Å². The van der Waals surface area contributed by atoms with Crippen LogP contribution in [0.25, 0.3) is 0 Å². The molecule has 66 valence electrons. The Morgan fingerprint density at radius 2 is 2.00 bits per heavy atom. The average Bonchev–Trinajstić information content (AvgIpc) is 2.04. The van der Waals surface area contributed by atoms with Crippen molar-refractivity contribution in [3.8, 4) is 5.75 Å². The summed E-state index contributed by atoms with van der Waals surface area (Å²) in [6.07, 6.45) is 0. The van der Waals surface area contributed by atoms with Crippen molar-refractivity contribution < 1.29 is 4.74 Å². The Balaban J connectivity index is 3.12. The third kappa shape index (κ3) is 2.12. The number of benzene rings is 1. The summed E-state index contributed by atoms with van der Waals surface area (Å²) in [7, 11) is 1.72. The van der Waals surface area contributed by atoms with Crippen molar-refractivity contribution in [3.63, 3.8) is 0 Å². The highest BCUT2D eigenvalue weighted by Gasteiger charge is 2.06. The van der Waals surface area contributed by atoms with Gasteiger partial charge in [-0.1, -0.05) is 13.8 Å². The van der Waals surface area contributed by atoms with E-state index in [0.29, 0.717) is 5.92 Å². The molecule has 1 nitrogen and oxygen atoms in total. The summed E-state index contributed by atoms with van der Waals surface area (Å²) in [5.74, 6) is 1.51. The number of halogens is 1. The molecule has 0 bridgehead atoms. The zero-order valence-electron chi connectivity index (χ0n) is 7.60. The Morgan fingerprint density at radius 1 is 1.33 bits per heavy atom. The number of methoxy groups -OCH3 is 1. The van der Waals surface area contributed by atoms with Crippen LogP contribution < -0.4 is 4.74 Å². The maximum atomic E-state index is 5.26. The van der Waals surface area contributed by atoms with Gasteiger partial charge in [-0.3, -0.25) is 0 Å².